The van der Waals surface area contributed by atoms with Gasteiger partial charge in [-0.05, 0) is 17.7 Å². The van der Waals surface area contributed by atoms with Gasteiger partial charge in [0.2, 0.25) is 10.0 Å². The van der Waals surface area contributed by atoms with Crippen molar-refractivity contribution in [3.63, 3.8) is 0 Å². The van der Waals surface area contributed by atoms with E-state index in [-0.39, 0.29) is 6.61 Å². The molecular weight excluding hydrogens is 266 g/mol. The molecule has 6 nitrogen and oxygen atoms in total. The fourth-order valence-corrected chi connectivity index (χ4v) is 1.85. The van der Waals surface area contributed by atoms with Gasteiger partial charge in [-0.1, -0.05) is 12.1 Å². The Kier molecular flexibility index (Phi) is 6.29. The quantitative estimate of drug-likeness (QED) is 0.666. The lowest BCUT2D eigenvalue weighted by molar-refractivity contribution is 0.368. The van der Waals surface area contributed by atoms with Crippen LogP contribution in [0.25, 0.3) is 0 Å². The Bertz CT molecular complexity index is 520. The van der Waals surface area contributed by atoms with E-state index in [1.54, 1.807) is 12.1 Å². The molecule has 7 heteroatoms. The third kappa shape index (κ3) is 7.41. The predicted octanol–water partition coefficient (Wildman–Crippen LogP) is 0.228. The monoisotopic (exact) mass is 283 g/mol. The number of nitriles is 1. The second-order valence-electron chi connectivity index (χ2n) is 3.93. The third-order valence-corrected chi connectivity index (χ3v) is 2.95. The lowest BCUT2D eigenvalue weighted by atomic mass is 10.2. The lowest BCUT2D eigenvalue weighted by Crippen LogP contribution is -2.30. The van der Waals surface area contributed by atoms with Crippen molar-refractivity contribution in [3.8, 4) is 11.8 Å². The van der Waals surface area contributed by atoms with Crippen LogP contribution in [0, 0.1) is 11.3 Å². The highest BCUT2D eigenvalue weighted by Crippen LogP contribution is 2.11. The minimum absolute atomic E-state index is 0.0365. The van der Waals surface area contributed by atoms with E-state index >= 15 is 0 Å². The summed E-state index contributed by atoms with van der Waals surface area (Å²) in [6, 6.07) is 9.28. The van der Waals surface area contributed by atoms with Crippen LogP contribution < -0.4 is 14.8 Å². The summed E-state index contributed by atoms with van der Waals surface area (Å²) >= 11 is 0. The Morgan fingerprint density at radius 1 is 1.26 bits per heavy atom. The molecule has 0 bridgehead atoms. The Labute approximate surface area is 113 Å². The van der Waals surface area contributed by atoms with Gasteiger partial charge in [0, 0.05) is 19.6 Å². The largest absolute Gasteiger partial charge is 0.479 e. The Balaban J connectivity index is 2.25. The molecule has 0 atom stereocenters. The van der Waals surface area contributed by atoms with E-state index in [1.165, 1.54) is 0 Å². The molecule has 0 aliphatic rings. The molecule has 104 valence electrons. The topological polar surface area (TPSA) is 91.2 Å². The molecule has 0 spiro atoms. The summed E-state index contributed by atoms with van der Waals surface area (Å²) in [5.74, 6) is 0.657. The molecule has 0 heterocycles. The van der Waals surface area contributed by atoms with E-state index < -0.39 is 10.0 Å². The maximum absolute atomic E-state index is 10.8. The number of rotatable bonds is 8. The highest BCUT2D eigenvalue weighted by Gasteiger charge is 1.99. The molecule has 2 N–H and O–H groups in total. The minimum atomic E-state index is -3.12. The molecule has 0 aliphatic carbocycles. The van der Waals surface area contributed by atoms with E-state index in [0.29, 0.717) is 25.4 Å². The lowest BCUT2D eigenvalue weighted by Gasteiger charge is -2.06. The molecule has 19 heavy (non-hydrogen) atoms. The highest BCUT2D eigenvalue weighted by molar-refractivity contribution is 7.88. The summed E-state index contributed by atoms with van der Waals surface area (Å²) < 4.78 is 29.2. The first-order valence-corrected chi connectivity index (χ1v) is 7.64. The van der Waals surface area contributed by atoms with E-state index in [4.69, 9.17) is 10.00 Å². The van der Waals surface area contributed by atoms with Gasteiger partial charge in [0.1, 0.15) is 11.8 Å². The molecule has 0 unspecified atom stereocenters. The molecule has 1 aromatic carbocycles. The number of ether oxygens (including phenoxy) is 1. The van der Waals surface area contributed by atoms with Crippen LogP contribution in [-0.2, 0) is 16.6 Å². The summed E-state index contributed by atoms with van der Waals surface area (Å²) in [7, 11) is -3.12. The van der Waals surface area contributed by atoms with Crippen molar-refractivity contribution >= 4 is 10.0 Å². The number of hydrogen-bond acceptors (Lipinski definition) is 5. The molecule has 0 aliphatic heterocycles. The van der Waals surface area contributed by atoms with Gasteiger partial charge in [-0.15, -0.1) is 0 Å². The van der Waals surface area contributed by atoms with Gasteiger partial charge in [-0.3, -0.25) is 0 Å². The molecule has 0 radical (unpaired) electrons. The first-order chi connectivity index (χ1) is 9.01. The van der Waals surface area contributed by atoms with Gasteiger partial charge in [0.15, 0.2) is 6.61 Å². The number of hydrogen-bond donors (Lipinski definition) is 2. The number of sulfonamides is 1. The average molecular weight is 283 g/mol. The van der Waals surface area contributed by atoms with E-state index in [1.807, 2.05) is 18.2 Å². The van der Waals surface area contributed by atoms with Crippen molar-refractivity contribution in [1.29, 1.82) is 5.26 Å². The zero-order valence-electron chi connectivity index (χ0n) is 10.7. The molecule has 0 saturated heterocycles. The van der Waals surface area contributed by atoms with Crippen LogP contribution in [0.15, 0.2) is 24.3 Å². The first-order valence-electron chi connectivity index (χ1n) is 5.75. The van der Waals surface area contributed by atoms with Crippen LogP contribution >= 0.6 is 0 Å². The molecule has 1 aromatic rings. The van der Waals surface area contributed by atoms with Crippen LogP contribution in [0.1, 0.15) is 5.56 Å². The van der Waals surface area contributed by atoms with E-state index in [2.05, 4.69) is 10.0 Å². The van der Waals surface area contributed by atoms with E-state index in [9.17, 15) is 8.42 Å². The summed E-state index contributed by atoms with van der Waals surface area (Å²) in [6.07, 6.45) is 1.13. The van der Waals surface area contributed by atoms with Crippen molar-refractivity contribution in [1.82, 2.24) is 10.0 Å². The summed E-state index contributed by atoms with van der Waals surface area (Å²) in [5.41, 5.74) is 1.06. The standard InChI is InChI=1S/C12H17N3O3S/c1-19(16,17)15-8-7-14-10-11-2-4-12(5-3-11)18-9-6-13/h2-5,14-15H,7-10H2,1H3. The maximum Gasteiger partial charge on any atom is 0.208 e. The molecule has 0 amide bonds. The molecule has 1 rings (SSSR count). The SMILES string of the molecule is CS(=O)(=O)NCCNCc1ccc(OCC#N)cc1. The Hall–Kier alpha value is -1.62. The van der Waals surface area contributed by atoms with Crippen molar-refractivity contribution in [2.24, 2.45) is 0 Å². The maximum atomic E-state index is 10.8. The van der Waals surface area contributed by atoms with Gasteiger partial charge in [-0.2, -0.15) is 5.26 Å². The van der Waals surface area contributed by atoms with Crippen LogP contribution in [0.2, 0.25) is 0 Å². The highest BCUT2D eigenvalue weighted by atomic mass is 32.2. The van der Waals surface area contributed by atoms with Gasteiger partial charge in [0.05, 0.1) is 6.26 Å². The first kappa shape index (κ1) is 15.4. The zero-order valence-corrected chi connectivity index (χ0v) is 11.5. The van der Waals surface area contributed by atoms with Gasteiger partial charge < -0.3 is 10.1 Å². The van der Waals surface area contributed by atoms with Crippen molar-refractivity contribution < 1.29 is 13.2 Å². The van der Waals surface area contributed by atoms with Gasteiger partial charge >= 0.3 is 0 Å². The minimum Gasteiger partial charge on any atom is -0.479 e. The van der Waals surface area contributed by atoms with Gasteiger partial charge in [0.25, 0.3) is 0 Å². The Morgan fingerprint density at radius 3 is 2.53 bits per heavy atom. The second kappa shape index (κ2) is 7.74. The number of nitrogens with zero attached hydrogens (tertiary/aromatic N) is 1. The van der Waals surface area contributed by atoms with Crippen LogP contribution in [-0.4, -0.2) is 34.4 Å². The fraction of sp³-hybridized carbons (Fsp3) is 0.417. The number of benzene rings is 1. The average Bonchev–Trinajstić information content (AvgIpc) is 2.36. The van der Waals surface area contributed by atoms with Crippen molar-refractivity contribution in [2.45, 2.75) is 6.54 Å². The summed E-state index contributed by atoms with van der Waals surface area (Å²) in [5, 5.41) is 11.5. The van der Waals surface area contributed by atoms with Crippen LogP contribution in [0.5, 0.6) is 5.75 Å². The van der Waals surface area contributed by atoms with Crippen LogP contribution in [0.4, 0.5) is 0 Å². The third-order valence-electron chi connectivity index (χ3n) is 2.22. The smallest absolute Gasteiger partial charge is 0.208 e. The number of nitrogens with one attached hydrogen (secondary N) is 2. The predicted molar refractivity (Wildman–Crippen MR) is 72.1 cm³/mol. The molecule has 0 saturated carbocycles. The normalized spacial score (nSPS) is 10.9. The summed E-state index contributed by atoms with van der Waals surface area (Å²) in [4.78, 5) is 0. The summed E-state index contributed by atoms with van der Waals surface area (Å²) in [6.45, 7) is 1.60. The molecule has 0 fully saturated rings. The molecule has 0 aromatic heterocycles. The van der Waals surface area contributed by atoms with E-state index in [0.717, 1.165) is 11.8 Å². The second-order valence-corrected chi connectivity index (χ2v) is 5.77. The zero-order chi connectivity index (χ0) is 14.1. The van der Waals surface area contributed by atoms with Crippen LogP contribution in [0.3, 0.4) is 0 Å². The van der Waals surface area contributed by atoms with Crippen molar-refractivity contribution in [3.05, 3.63) is 29.8 Å². The molecular formula is C12H17N3O3S. The van der Waals surface area contributed by atoms with Crippen molar-refractivity contribution in [2.75, 3.05) is 26.0 Å². The Morgan fingerprint density at radius 2 is 1.95 bits per heavy atom. The van der Waals surface area contributed by atoms with Gasteiger partial charge in [-0.25, -0.2) is 13.1 Å². The fourth-order valence-electron chi connectivity index (χ4n) is 1.38.